The number of nitrogens with two attached hydrogens (primary N) is 1. The highest BCUT2D eigenvalue weighted by atomic mass is 32.2. The number of sulfonamides is 1. The molecule has 0 amide bonds. The summed E-state index contributed by atoms with van der Waals surface area (Å²) < 4.78 is 31.4. The van der Waals surface area contributed by atoms with Crippen LogP contribution in [0, 0.1) is 0 Å². The first kappa shape index (κ1) is 14.0. The molecule has 0 atom stereocenters. The van der Waals surface area contributed by atoms with Gasteiger partial charge in [-0.25, -0.2) is 13.1 Å². The SMILES string of the molecule is CC(C)(N)CNS(=O)(=O)Cc1noc2ccccc12. The van der Waals surface area contributed by atoms with Gasteiger partial charge in [0.2, 0.25) is 10.0 Å². The molecular formula is C12H17N3O3S. The number of nitrogens with one attached hydrogen (secondary N) is 1. The number of nitrogens with zero attached hydrogens (tertiary/aromatic N) is 1. The van der Waals surface area contributed by atoms with Gasteiger partial charge in [0, 0.05) is 17.5 Å². The molecule has 0 saturated carbocycles. The summed E-state index contributed by atoms with van der Waals surface area (Å²) in [6.45, 7) is 3.67. The van der Waals surface area contributed by atoms with Crippen molar-refractivity contribution in [1.29, 1.82) is 0 Å². The van der Waals surface area contributed by atoms with Crippen LogP contribution in [0.25, 0.3) is 11.0 Å². The van der Waals surface area contributed by atoms with Gasteiger partial charge >= 0.3 is 0 Å². The van der Waals surface area contributed by atoms with Crippen LogP contribution in [0.1, 0.15) is 19.5 Å². The number of hydrogen-bond donors (Lipinski definition) is 2. The molecule has 1 heterocycles. The minimum atomic E-state index is -3.48. The zero-order valence-corrected chi connectivity index (χ0v) is 11.7. The topological polar surface area (TPSA) is 98.2 Å². The molecule has 0 aliphatic heterocycles. The minimum absolute atomic E-state index is 0.172. The summed E-state index contributed by atoms with van der Waals surface area (Å²) in [5.41, 5.74) is 6.12. The van der Waals surface area contributed by atoms with Crippen molar-refractivity contribution < 1.29 is 12.9 Å². The molecule has 2 aromatic rings. The normalized spacial score (nSPS) is 13.0. The van der Waals surface area contributed by atoms with Gasteiger partial charge in [0.1, 0.15) is 11.4 Å². The van der Waals surface area contributed by atoms with Crippen molar-refractivity contribution in [3.63, 3.8) is 0 Å². The van der Waals surface area contributed by atoms with Crippen LogP contribution in [0.15, 0.2) is 28.8 Å². The van der Waals surface area contributed by atoms with Crippen LogP contribution in [0.3, 0.4) is 0 Å². The quantitative estimate of drug-likeness (QED) is 0.852. The molecule has 6 nitrogen and oxygen atoms in total. The van der Waals surface area contributed by atoms with Crippen LogP contribution in [-0.2, 0) is 15.8 Å². The van der Waals surface area contributed by atoms with Crippen molar-refractivity contribution in [2.75, 3.05) is 6.54 Å². The van der Waals surface area contributed by atoms with Crippen molar-refractivity contribution in [3.05, 3.63) is 30.0 Å². The van der Waals surface area contributed by atoms with E-state index in [-0.39, 0.29) is 12.3 Å². The molecule has 0 fully saturated rings. The number of rotatable bonds is 5. The molecule has 104 valence electrons. The van der Waals surface area contributed by atoms with Crippen LogP contribution >= 0.6 is 0 Å². The lowest BCUT2D eigenvalue weighted by atomic mass is 10.1. The zero-order chi connectivity index (χ0) is 14.1. The molecule has 0 bridgehead atoms. The van der Waals surface area contributed by atoms with Gasteiger partial charge in [-0.1, -0.05) is 17.3 Å². The summed E-state index contributed by atoms with van der Waals surface area (Å²) in [5, 5.41) is 4.51. The van der Waals surface area contributed by atoms with Gasteiger partial charge in [0.05, 0.1) is 0 Å². The highest BCUT2D eigenvalue weighted by Crippen LogP contribution is 2.19. The second kappa shape index (κ2) is 4.92. The van der Waals surface area contributed by atoms with Gasteiger partial charge in [-0.15, -0.1) is 0 Å². The maximum absolute atomic E-state index is 11.9. The van der Waals surface area contributed by atoms with Crippen LogP contribution in [0.5, 0.6) is 0 Å². The number of aromatic nitrogens is 1. The lowest BCUT2D eigenvalue weighted by Crippen LogP contribution is -2.45. The Morgan fingerprint density at radius 3 is 2.74 bits per heavy atom. The highest BCUT2D eigenvalue weighted by Gasteiger charge is 2.20. The van der Waals surface area contributed by atoms with E-state index < -0.39 is 15.6 Å². The standard InChI is InChI=1S/C12H17N3O3S/c1-12(2,13)8-14-19(16,17)7-10-9-5-3-4-6-11(9)18-15-10/h3-6,14H,7-8,13H2,1-2H3. The predicted molar refractivity (Wildman–Crippen MR) is 72.9 cm³/mol. The summed E-state index contributed by atoms with van der Waals surface area (Å²) in [4.78, 5) is 0. The largest absolute Gasteiger partial charge is 0.356 e. The second-order valence-corrected chi connectivity index (χ2v) is 7.00. The lowest BCUT2D eigenvalue weighted by molar-refractivity contribution is 0.448. The van der Waals surface area contributed by atoms with Gasteiger partial charge in [-0.3, -0.25) is 0 Å². The molecule has 3 N–H and O–H groups in total. The van der Waals surface area contributed by atoms with E-state index in [9.17, 15) is 8.42 Å². The Kier molecular flexibility index (Phi) is 3.62. The van der Waals surface area contributed by atoms with E-state index in [1.54, 1.807) is 32.0 Å². The van der Waals surface area contributed by atoms with E-state index in [4.69, 9.17) is 10.3 Å². The first-order valence-electron chi connectivity index (χ1n) is 5.86. The molecule has 0 spiro atoms. The summed E-state index contributed by atoms with van der Waals surface area (Å²) >= 11 is 0. The summed E-state index contributed by atoms with van der Waals surface area (Å²) in [6.07, 6.45) is 0. The van der Waals surface area contributed by atoms with Gasteiger partial charge in [0.15, 0.2) is 5.58 Å². The summed E-state index contributed by atoms with van der Waals surface area (Å²) in [6, 6.07) is 7.14. The molecule has 0 saturated heterocycles. The highest BCUT2D eigenvalue weighted by molar-refractivity contribution is 7.88. The Balaban J connectivity index is 2.16. The van der Waals surface area contributed by atoms with Gasteiger partial charge in [0.25, 0.3) is 0 Å². The van der Waals surface area contributed by atoms with E-state index in [1.807, 2.05) is 6.07 Å². The first-order chi connectivity index (χ1) is 8.77. The third-order valence-electron chi connectivity index (χ3n) is 2.53. The minimum Gasteiger partial charge on any atom is -0.356 e. The van der Waals surface area contributed by atoms with E-state index in [2.05, 4.69) is 9.88 Å². The Hall–Kier alpha value is -1.44. The van der Waals surface area contributed by atoms with Crippen molar-refractivity contribution in [3.8, 4) is 0 Å². The van der Waals surface area contributed by atoms with Crippen LogP contribution in [0.2, 0.25) is 0 Å². The number of para-hydroxylation sites is 1. The fourth-order valence-electron chi connectivity index (χ4n) is 1.57. The Bertz CT molecular complexity index is 671. The lowest BCUT2D eigenvalue weighted by Gasteiger charge is -2.18. The molecule has 0 aliphatic rings. The van der Waals surface area contributed by atoms with Gasteiger partial charge in [-0.05, 0) is 26.0 Å². The van der Waals surface area contributed by atoms with Crippen molar-refractivity contribution in [2.45, 2.75) is 25.1 Å². The fourth-order valence-corrected chi connectivity index (χ4v) is 2.83. The molecule has 0 unspecified atom stereocenters. The molecule has 2 rings (SSSR count). The van der Waals surface area contributed by atoms with Crippen LogP contribution in [-0.4, -0.2) is 25.7 Å². The Labute approximate surface area is 112 Å². The maximum atomic E-state index is 11.9. The van der Waals surface area contributed by atoms with Crippen LogP contribution < -0.4 is 10.5 Å². The molecule has 0 radical (unpaired) electrons. The number of fused-ring (bicyclic) bond motifs is 1. The smallest absolute Gasteiger partial charge is 0.217 e. The maximum Gasteiger partial charge on any atom is 0.217 e. The molecular weight excluding hydrogens is 266 g/mol. The Morgan fingerprint density at radius 2 is 2.05 bits per heavy atom. The van der Waals surface area contributed by atoms with E-state index in [0.29, 0.717) is 16.7 Å². The van der Waals surface area contributed by atoms with E-state index >= 15 is 0 Å². The zero-order valence-electron chi connectivity index (χ0n) is 10.9. The third-order valence-corrected chi connectivity index (χ3v) is 3.76. The molecule has 1 aromatic heterocycles. The van der Waals surface area contributed by atoms with Gasteiger partial charge < -0.3 is 10.3 Å². The van der Waals surface area contributed by atoms with Crippen molar-refractivity contribution in [1.82, 2.24) is 9.88 Å². The number of benzene rings is 1. The first-order valence-corrected chi connectivity index (χ1v) is 7.52. The molecule has 7 heteroatoms. The predicted octanol–water partition coefficient (Wildman–Crippen LogP) is 0.985. The second-order valence-electron chi connectivity index (χ2n) is 5.19. The van der Waals surface area contributed by atoms with Gasteiger partial charge in [-0.2, -0.15) is 0 Å². The molecule has 19 heavy (non-hydrogen) atoms. The third kappa shape index (κ3) is 3.76. The van der Waals surface area contributed by atoms with E-state index in [0.717, 1.165) is 0 Å². The summed E-state index contributed by atoms with van der Waals surface area (Å²) in [7, 11) is -3.48. The molecule has 1 aromatic carbocycles. The van der Waals surface area contributed by atoms with Crippen molar-refractivity contribution >= 4 is 21.0 Å². The molecule has 0 aliphatic carbocycles. The monoisotopic (exact) mass is 283 g/mol. The Morgan fingerprint density at radius 1 is 1.37 bits per heavy atom. The average molecular weight is 283 g/mol. The van der Waals surface area contributed by atoms with Crippen molar-refractivity contribution in [2.24, 2.45) is 5.73 Å². The average Bonchev–Trinajstić information content (AvgIpc) is 2.69. The number of hydrogen-bond acceptors (Lipinski definition) is 5. The van der Waals surface area contributed by atoms with E-state index in [1.165, 1.54) is 0 Å². The summed E-state index contributed by atoms with van der Waals surface area (Å²) in [5.74, 6) is -0.222. The fraction of sp³-hybridized carbons (Fsp3) is 0.417. The van der Waals surface area contributed by atoms with Crippen LogP contribution in [0.4, 0.5) is 0 Å².